The molecule has 3 aromatic carbocycles. The summed E-state index contributed by atoms with van der Waals surface area (Å²) in [6.07, 6.45) is 0.803. The van der Waals surface area contributed by atoms with Crippen LogP contribution >= 0.6 is 30.8 Å². The molecule has 0 radical (unpaired) electrons. The Morgan fingerprint density at radius 3 is 2.13 bits per heavy atom. The molecule has 0 aliphatic rings. The van der Waals surface area contributed by atoms with E-state index in [1.54, 1.807) is 11.8 Å². The van der Waals surface area contributed by atoms with Crippen LogP contribution in [0.2, 0.25) is 5.02 Å². The van der Waals surface area contributed by atoms with Crippen LogP contribution in [-0.4, -0.2) is 102 Å². The van der Waals surface area contributed by atoms with Gasteiger partial charge in [-0.2, -0.15) is 13.2 Å². The summed E-state index contributed by atoms with van der Waals surface area (Å²) in [4.78, 5) is 75.7. The van der Waals surface area contributed by atoms with E-state index in [-0.39, 0.29) is 41.6 Å². The second-order valence-electron chi connectivity index (χ2n) is 12.8. The standard InChI is InChI=1S/C19H15ClF3NO7.C14H20ClNO2.C3H8NO5P.C3H9S/c1-3-29-17(25)10(2)30-18(26)13-9-12(5-6-15(13)24(27)28)31-16-7-4-11(8-14(16)20)19(21,22)23;1-4-12-8-6-7-11(3)14(12)16(10-18-5-2)13(17)9-15;5-3(6)1-4-2-10(7,8)9;1-4(2)3/h4-10H,3H2,1-2H3;6-8H,4-5,9-10H2,1-3H3;4H,1-2H2,(H,5,6)(H2,7,8,9);1-3H3/q;;;+1/p-1. The number of carbonyl (C=O) groups is 4. The van der Waals surface area contributed by atoms with Gasteiger partial charge in [0, 0.05) is 18.7 Å². The Kier molecular flexibility index (Phi) is 27.0. The van der Waals surface area contributed by atoms with Crippen molar-refractivity contribution in [2.45, 2.75) is 53.3 Å². The van der Waals surface area contributed by atoms with E-state index in [0.29, 0.717) is 23.6 Å². The first-order valence-electron chi connectivity index (χ1n) is 18.4. The number of nitrogens with one attached hydrogen (secondary N) is 1. The van der Waals surface area contributed by atoms with Crippen molar-refractivity contribution in [1.29, 1.82) is 0 Å². The highest BCUT2D eigenvalue weighted by Crippen LogP contribution is 2.37. The number of nitro groups is 1. The Bertz CT molecular complexity index is 2020. The molecule has 352 valence electrons. The van der Waals surface area contributed by atoms with E-state index in [1.165, 1.54) is 6.92 Å². The van der Waals surface area contributed by atoms with Gasteiger partial charge in [-0.05, 0) is 80.4 Å². The predicted molar refractivity (Wildman–Crippen MR) is 232 cm³/mol. The minimum absolute atomic E-state index is 0.0371. The molecule has 0 aliphatic carbocycles. The maximum atomic E-state index is 12.8. The zero-order valence-corrected chi connectivity index (χ0v) is 38.9. The Balaban J connectivity index is 0.00000100. The molecular weight excluding hydrogens is 925 g/mol. The molecule has 0 bridgehead atoms. The molecule has 3 N–H and O–H groups in total. The third kappa shape index (κ3) is 23.2. The number of rotatable bonds is 17. The number of para-hydroxylation sites is 1. The number of carboxylic acids is 1. The summed E-state index contributed by atoms with van der Waals surface area (Å²) in [6.45, 7) is 9.12. The molecule has 63 heavy (non-hydrogen) atoms. The molecule has 0 heterocycles. The fraction of sp³-hybridized carbons (Fsp3) is 0.436. The van der Waals surface area contributed by atoms with Gasteiger partial charge in [0.2, 0.25) is 5.91 Å². The maximum Gasteiger partial charge on any atom is 0.416 e. The van der Waals surface area contributed by atoms with Crippen LogP contribution in [0.25, 0.3) is 0 Å². The third-order valence-corrected chi connectivity index (χ3v) is 8.32. The molecule has 0 aliphatic heterocycles. The highest BCUT2D eigenvalue weighted by atomic mass is 35.5. The summed E-state index contributed by atoms with van der Waals surface area (Å²) in [7, 11) is -3.71. The first kappa shape index (κ1) is 58.5. The van der Waals surface area contributed by atoms with Crippen LogP contribution in [0.1, 0.15) is 54.7 Å². The number of nitrogens with zero attached hydrogens (tertiary/aromatic N) is 2. The summed E-state index contributed by atoms with van der Waals surface area (Å²) < 4.78 is 68.5. The monoisotopic (exact) mass is 975 g/mol. The number of hydrogen-bond donors (Lipinski definition) is 3. The number of benzene rings is 3. The molecule has 0 spiro atoms. The van der Waals surface area contributed by atoms with Gasteiger partial charge in [-0.3, -0.25) is 29.9 Å². The maximum absolute atomic E-state index is 12.8. The second kappa shape index (κ2) is 29.1. The Labute approximate surface area is 375 Å². The Morgan fingerprint density at radius 1 is 1.03 bits per heavy atom. The molecule has 0 aromatic heterocycles. The lowest BCUT2D eigenvalue weighted by molar-refractivity contribution is -0.385. The minimum Gasteiger partial charge on any atom is -0.778 e. The Morgan fingerprint density at radius 2 is 1.65 bits per heavy atom. The average Bonchev–Trinajstić information content (AvgIpc) is 3.18. The third-order valence-electron chi connectivity index (χ3n) is 7.17. The zero-order valence-electron chi connectivity index (χ0n) is 35.7. The second-order valence-corrected chi connectivity index (χ2v) is 17.6. The van der Waals surface area contributed by atoms with E-state index in [4.69, 9.17) is 52.1 Å². The first-order valence-corrected chi connectivity index (χ1v) is 23.5. The molecular formula is C39H51Cl2F3N3O14PS. The zero-order chi connectivity index (χ0) is 48.7. The number of anilines is 1. The summed E-state index contributed by atoms with van der Waals surface area (Å²) in [5.74, 6) is -3.70. The lowest BCUT2D eigenvalue weighted by atomic mass is 10.0. The minimum atomic E-state index is -4.61. The summed E-state index contributed by atoms with van der Waals surface area (Å²) in [5, 5.41) is 20.8. The fourth-order valence-electron chi connectivity index (χ4n) is 4.53. The SMILES string of the molecule is CCOC(=O)C(C)OC(=O)c1cc(Oc2ccc(C(F)(F)F)cc2Cl)ccc1[N+](=O)[O-].CCOCN(C(=O)CCl)c1c(C)cccc1CC.C[S+](C)C.O=C(O)CNCP(=O)([O-])O. The van der Waals surface area contributed by atoms with Crippen LogP contribution in [0.4, 0.5) is 24.5 Å². The summed E-state index contributed by atoms with van der Waals surface area (Å²) in [6, 6.07) is 11.4. The number of carbonyl (C=O) groups excluding carboxylic acids is 3. The van der Waals surface area contributed by atoms with Gasteiger partial charge >= 0.3 is 24.1 Å². The van der Waals surface area contributed by atoms with Gasteiger partial charge in [0.1, 0.15) is 37.3 Å². The van der Waals surface area contributed by atoms with Gasteiger partial charge in [0.05, 0.1) is 59.4 Å². The number of alkyl halides is 4. The van der Waals surface area contributed by atoms with Crippen molar-refractivity contribution in [2.24, 2.45) is 0 Å². The van der Waals surface area contributed by atoms with Crippen LogP contribution in [0.15, 0.2) is 54.6 Å². The van der Waals surface area contributed by atoms with E-state index in [0.717, 1.165) is 53.6 Å². The molecule has 24 heteroatoms. The van der Waals surface area contributed by atoms with Crippen LogP contribution in [-0.2, 0) is 56.7 Å². The summed E-state index contributed by atoms with van der Waals surface area (Å²) >= 11 is 11.5. The van der Waals surface area contributed by atoms with Crippen molar-refractivity contribution in [2.75, 3.05) is 62.3 Å². The van der Waals surface area contributed by atoms with E-state index in [1.807, 2.05) is 37.4 Å². The number of aliphatic carboxylic acids is 1. The van der Waals surface area contributed by atoms with Crippen molar-refractivity contribution in [3.05, 3.63) is 92.0 Å². The number of amides is 1. The highest BCUT2D eigenvalue weighted by molar-refractivity contribution is 7.94. The quantitative estimate of drug-likeness (QED) is 0.0236. The van der Waals surface area contributed by atoms with Crippen molar-refractivity contribution in [1.82, 2.24) is 5.32 Å². The van der Waals surface area contributed by atoms with E-state index in [9.17, 15) is 51.9 Å². The van der Waals surface area contributed by atoms with Gasteiger partial charge < -0.3 is 38.4 Å². The number of ether oxygens (including phenoxy) is 4. The number of hydrogen-bond acceptors (Lipinski definition) is 13. The van der Waals surface area contributed by atoms with Crippen LogP contribution in [0, 0.1) is 17.0 Å². The fourth-order valence-corrected chi connectivity index (χ4v) is 5.29. The Hall–Kier alpha value is -4.47. The van der Waals surface area contributed by atoms with Crippen LogP contribution < -0.4 is 19.8 Å². The number of nitro benzene ring substituents is 1. The largest absolute Gasteiger partial charge is 0.778 e. The van der Waals surface area contributed by atoms with Gasteiger partial charge in [-0.25, -0.2) is 9.59 Å². The molecule has 0 saturated heterocycles. The smallest absolute Gasteiger partial charge is 0.416 e. The molecule has 0 fully saturated rings. The molecule has 2 atom stereocenters. The van der Waals surface area contributed by atoms with Crippen molar-refractivity contribution < 1.29 is 75.7 Å². The van der Waals surface area contributed by atoms with E-state index >= 15 is 0 Å². The molecule has 1 amide bonds. The van der Waals surface area contributed by atoms with E-state index in [2.05, 4.69) is 25.7 Å². The van der Waals surface area contributed by atoms with Gasteiger partial charge in [-0.1, -0.05) is 36.7 Å². The van der Waals surface area contributed by atoms with Crippen molar-refractivity contribution in [3.8, 4) is 11.5 Å². The number of carboxylic acid groups (broad SMARTS) is 1. The normalized spacial score (nSPS) is 12.1. The van der Waals surface area contributed by atoms with Gasteiger partial charge in [0.25, 0.3) is 5.69 Å². The summed E-state index contributed by atoms with van der Waals surface area (Å²) in [5.41, 5.74) is 0.958. The van der Waals surface area contributed by atoms with Crippen molar-refractivity contribution >= 4 is 76.9 Å². The topological polar surface area (TPSA) is 244 Å². The van der Waals surface area contributed by atoms with Crippen LogP contribution in [0.3, 0.4) is 0 Å². The van der Waals surface area contributed by atoms with E-state index < -0.39 is 72.4 Å². The number of esters is 2. The van der Waals surface area contributed by atoms with Gasteiger partial charge in [-0.15, -0.1) is 11.6 Å². The molecule has 2 unspecified atom stereocenters. The van der Waals surface area contributed by atoms with Crippen molar-refractivity contribution in [3.63, 3.8) is 0 Å². The number of aryl methyl sites for hydroxylation is 2. The first-order chi connectivity index (χ1) is 29.2. The molecule has 3 aromatic rings. The lowest BCUT2D eigenvalue weighted by Gasteiger charge is -2.25. The molecule has 3 rings (SSSR count). The molecule has 0 saturated carbocycles. The predicted octanol–water partition coefficient (Wildman–Crippen LogP) is 6.95. The molecule has 17 nitrogen and oxygen atoms in total. The average molecular weight is 977 g/mol. The van der Waals surface area contributed by atoms with Gasteiger partial charge in [0.15, 0.2) is 6.10 Å². The number of halogens is 5. The lowest BCUT2D eigenvalue weighted by Crippen LogP contribution is -2.35. The van der Waals surface area contributed by atoms with Crippen LogP contribution in [0.5, 0.6) is 11.5 Å². The highest BCUT2D eigenvalue weighted by Gasteiger charge is 2.31.